The fourth-order valence-electron chi connectivity index (χ4n) is 6.63. The van der Waals surface area contributed by atoms with Gasteiger partial charge in [-0.2, -0.15) is 0 Å². The SMILES string of the molecule is CC[C@H](C)[C@H](NC(C)=O)C(=O)N[C@H]1CCCNC(=O)[C@H](C(C)C)NC(=O)[C@H]([C@@H](C)CC)NC(=O)[C@@H]2CCCN2C(=O)[C@@H](Cc2ccccc2)NC1=O. The van der Waals surface area contributed by atoms with Gasteiger partial charge in [-0.05, 0) is 49.0 Å². The lowest BCUT2D eigenvalue weighted by molar-refractivity contribution is -0.143. The molecule has 0 unspecified atom stereocenters. The van der Waals surface area contributed by atoms with E-state index in [1.165, 1.54) is 11.8 Å². The van der Waals surface area contributed by atoms with Crippen LogP contribution in [0.2, 0.25) is 0 Å². The first-order valence-corrected chi connectivity index (χ1v) is 18.8. The molecule has 2 aliphatic heterocycles. The molecular formula is C38H59N7O7. The van der Waals surface area contributed by atoms with Gasteiger partial charge in [0, 0.05) is 26.4 Å². The van der Waals surface area contributed by atoms with Crippen molar-refractivity contribution < 1.29 is 33.6 Å². The number of carbonyl (C=O) groups is 7. The van der Waals surface area contributed by atoms with Gasteiger partial charge < -0.3 is 36.8 Å². The van der Waals surface area contributed by atoms with E-state index in [2.05, 4.69) is 31.9 Å². The Kier molecular flexibility index (Phi) is 16.1. The summed E-state index contributed by atoms with van der Waals surface area (Å²) in [6.07, 6.45) is 2.58. The third kappa shape index (κ3) is 11.5. The fraction of sp³-hybridized carbons (Fsp3) is 0.658. The number of amides is 7. The van der Waals surface area contributed by atoms with Crippen LogP contribution < -0.4 is 31.9 Å². The van der Waals surface area contributed by atoms with E-state index in [-0.39, 0.29) is 50.1 Å². The minimum atomic E-state index is -1.12. The van der Waals surface area contributed by atoms with Crippen molar-refractivity contribution in [2.75, 3.05) is 13.1 Å². The Labute approximate surface area is 307 Å². The van der Waals surface area contributed by atoms with Crippen LogP contribution in [-0.4, -0.2) is 95.6 Å². The van der Waals surface area contributed by atoms with Crippen molar-refractivity contribution in [1.82, 2.24) is 36.8 Å². The Balaban J connectivity index is 2.04. The molecule has 2 fully saturated rings. The fourth-order valence-corrected chi connectivity index (χ4v) is 6.63. The highest BCUT2D eigenvalue weighted by atomic mass is 16.2. The molecule has 2 heterocycles. The molecule has 14 nitrogen and oxygen atoms in total. The molecule has 0 bridgehead atoms. The van der Waals surface area contributed by atoms with Gasteiger partial charge >= 0.3 is 0 Å². The van der Waals surface area contributed by atoms with Gasteiger partial charge in [-0.3, -0.25) is 33.6 Å². The summed E-state index contributed by atoms with van der Waals surface area (Å²) in [6.45, 7) is 12.8. The van der Waals surface area contributed by atoms with Gasteiger partial charge in [0.2, 0.25) is 41.4 Å². The predicted molar refractivity (Wildman–Crippen MR) is 196 cm³/mol. The minimum Gasteiger partial charge on any atom is -0.354 e. The second kappa shape index (κ2) is 19.9. The topological polar surface area (TPSA) is 195 Å². The quantitative estimate of drug-likeness (QED) is 0.209. The summed E-state index contributed by atoms with van der Waals surface area (Å²) in [5, 5.41) is 16.9. The molecule has 2 saturated heterocycles. The number of nitrogens with zero attached hydrogens (tertiary/aromatic N) is 1. The van der Waals surface area contributed by atoms with E-state index >= 15 is 0 Å². The van der Waals surface area contributed by atoms with Crippen LogP contribution in [0.5, 0.6) is 0 Å². The number of benzene rings is 1. The van der Waals surface area contributed by atoms with Crippen LogP contribution in [0.1, 0.15) is 92.6 Å². The van der Waals surface area contributed by atoms with Crippen LogP contribution in [0.15, 0.2) is 30.3 Å². The second-order valence-corrected chi connectivity index (χ2v) is 14.6. The Morgan fingerprint density at radius 2 is 1.50 bits per heavy atom. The Hall–Kier alpha value is -4.49. The molecule has 52 heavy (non-hydrogen) atoms. The van der Waals surface area contributed by atoms with E-state index in [0.29, 0.717) is 25.7 Å². The first kappa shape index (κ1) is 41.9. The molecular weight excluding hydrogens is 666 g/mol. The Bertz CT molecular complexity index is 1420. The highest BCUT2D eigenvalue weighted by molar-refractivity contribution is 5.97. The Morgan fingerprint density at radius 1 is 0.827 bits per heavy atom. The summed E-state index contributed by atoms with van der Waals surface area (Å²) >= 11 is 0. The van der Waals surface area contributed by atoms with Crippen LogP contribution in [0.3, 0.4) is 0 Å². The van der Waals surface area contributed by atoms with E-state index in [1.54, 1.807) is 13.8 Å². The van der Waals surface area contributed by atoms with Crippen molar-refractivity contribution in [2.24, 2.45) is 17.8 Å². The van der Waals surface area contributed by atoms with Gasteiger partial charge in [0.1, 0.15) is 36.3 Å². The molecule has 0 radical (unpaired) electrons. The molecule has 8 atom stereocenters. The second-order valence-electron chi connectivity index (χ2n) is 14.6. The van der Waals surface area contributed by atoms with E-state index in [0.717, 1.165) is 5.56 Å². The predicted octanol–water partition coefficient (Wildman–Crippen LogP) is 1.32. The largest absolute Gasteiger partial charge is 0.354 e. The molecule has 1 aromatic rings. The molecule has 6 N–H and O–H groups in total. The zero-order valence-corrected chi connectivity index (χ0v) is 31.8. The summed E-state index contributed by atoms with van der Waals surface area (Å²) < 4.78 is 0. The monoisotopic (exact) mass is 725 g/mol. The molecule has 0 aliphatic carbocycles. The average Bonchev–Trinajstić information content (AvgIpc) is 3.61. The lowest BCUT2D eigenvalue weighted by Gasteiger charge is -2.33. The molecule has 1 aromatic carbocycles. The summed E-state index contributed by atoms with van der Waals surface area (Å²) in [7, 11) is 0. The van der Waals surface area contributed by atoms with E-state index in [9.17, 15) is 33.6 Å². The Morgan fingerprint density at radius 3 is 2.12 bits per heavy atom. The lowest BCUT2D eigenvalue weighted by atomic mass is 9.96. The summed E-state index contributed by atoms with van der Waals surface area (Å²) in [6, 6.07) is 3.35. The van der Waals surface area contributed by atoms with Gasteiger partial charge in [-0.25, -0.2) is 0 Å². The maximum Gasteiger partial charge on any atom is 0.246 e. The van der Waals surface area contributed by atoms with Gasteiger partial charge in [0.15, 0.2) is 0 Å². The molecule has 14 heteroatoms. The third-order valence-electron chi connectivity index (χ3n) is 10.2. The number of nitrogens with one attached hydrogen (secondary N) is 6. The standard InChI is InChI=1S/C38H59N7O7/c1-8-23(5)31(40-25(7)46)36(50)41-27-17-13-19-39-35(49)30(22(3)4)43-37(51)32(24(6)9-2)44-34(48)29-18-14-20-45(29)38(52)28(42-33(27)47)21-26-15-11-10-12-16-26/h10-12,15-16,22-24,27-32H,8-9,13-14,17-21H2,1-7H3,(H,39,49)(H,40,46)(H,41,50)(H,42,47)(H,43,51)(H,44,48)/t23-,24-,27-,28+,29-,30-,31-,32-/m0/s1. The van der Waals surface area contributed by atoms with Crippen LogP contribution in [0, 0.1) is 17.8 Å². The van der Waals surface area contributed by atoms with Crippen molar-refractivity contribution in [2.45, 2.75) is 130 Å². The van der Waals surface area contributed by atoms with Crippen molar-refractivity contribution in [3.63, 3.8) is 0 Å². The highest BCUT2D eigenvalue weighted by Gasteiger charge is 2.41. The molecule has 0 saturated carbocycles. The molecule has 0 aromatic heterocycles. The van der Waals surface area contributed by atoms with Crippen LogP contribution in [0.4, 0.5) is 0 Å². The third-order valence-corrected chi connectivity index (χ3v) is 10.2. The first-order valence-electron chi connectivity index (χ1n) is 18.8. The maximum atomic E-state index is 14.4. The zero-order chi connectivity index (χ0) is 38.5. The van der Waals surface area contributed by atoms with Crippen molar-refractivity contribution in [3.8, 4) is 0 Å². The van der Waals surface area contributed by atoms with E-state index in [1.807, 2.05) is 58.0 Å². The number of rotatable bonds is 10. The van der Waals surface area contributed by atoms with Gasteiger partial charge in [-0.15, -0.1) is 0 Å². The molecule has 2 aliphatic rings. The summed E-state index contributed by atoms with van der Waals surface area (Å²) in [4.78, 5) is 96.5. The van der Waals surface area contributed by atoms with Crippen LogP contribution >= 0.6 is 0 Å². The van der Waals surface area contributed by atoms with Crippen molar-refractivity contribution >= 4 is 41.4 Å². The number of carbonyl (C=O) groups excluding carboxylic acids is 7. The summed E-state index contributed by atoms with van der Waals surface area (Å²) in [5.74, 6) is -4.16. The van der Waals surface area contributed by atoms with Crippen LogP contribution in [-0.2, 0) is 40.0 Å². The van der Waals surface area contributed by atoms with Gasteiger partial charge in [0.25, 0.3) is 0 Å². The minimum absolute atomic E-state index is 0.0982. The molecule has 7 amide bonds. The van der Waals surface area contributed by atoms with Crippen molar-refractivity contribution in [1.29, 1.82) is 0 Å². The first-order chi connectivity index (χ1) is 24.7. The van der Waals surface area contributed by atoms with Crippen molar-refractivity contribution in [3.05, 3.63) is 35.9 Å². The highest BCUT2D eigenvalue weighted by Crippen LogP contribution is 2.22. The van der Waals surface area contributed by atoms with E-state index < -0.39 is 77.6 Å². The smallest absolute Gasteiger partial charge is 0.246 e. The van der Waals surface area contributed by atoms with Gasteiger partial charge in [0.05, 0.1) is 0 Å². The maximum absolute atomic E-state index is 14.4. The van der Waals surface area contributed by atoms with E-state index in [4.69, 9.17) is 0 Å². The number of hydrogen-bond acceptors (Lipinski definition) is 7. The average molecular weight is 726 g/mol. The molecule has 288 valence electrons. The number of hydrogen-bond donors (Lipinski definition) is 6. The molecule has 0 spiro atoms. The summed E-state index contributed by atoms with van der Waals surface area (Å²) in [5.41, 5.74) is 0.780. The number of fused-ring (bicyclic) bond motifs is 1. The van der Waals surface area contributed by atoms with Crippen LogP contribution in [0.25, 0.3) is 0 Å². The molecule has 3 rings (SSSR count). The zero-order valence-electron chi connectivity index (χ0n) is 31.8. The lowest BCUT2D eigenvalue weighted by Crippen LogP contribution is -2.61. The normalized spacial score (nSPS) is 25.7. The van der Waals surface area contributed by atoms with Gasteiger partial charge in [-0.1, -0.05) is 84.7 Å².